The lowest BCUT2D eigenvalue weighted by Gasteiger charge is -2.10. The van der Waals surface area contributed by atoms with Gasteiger partial charge < -0.3 is 10.6 Å². The summed E-state index contributed by atoms with van der Waals surface area (Å²) in [6, 6.07) is 6.80. The first kappa shape index (κ1) is 17.3. The van der Waals surface area contributed by atoms with Gasteiger partial charge in [-0.1, -0.05) is 6.07 Å². The van der Waals surface area contributed by atoms with E-state index < -0.39 is 11.8 Å². The lowest BCUT2D eigenvalue weighted by molar-refractivity contribution is 0.251. The van der Waals surface area contributed by atoms with E-state index in [2.05, 4.69) is 25.8 Å². The molecular weight excluding hydrogens is 341 g/mol. The van der Waals surface area contributed by atoms with Crippen LogP contribution in [0.25, 0.3) is 5.82 Å². The maximum Gasteiger partial charge on any atom is 0.319 e. The number of amides is 2. The van der Waals surface area contributed by atoms with E-state index in [4.69, 9.17) is 0 Å². The monoisotopic (exact) mass is 357 g/mol. The van der Waals surface area contributed by atoms with Crippen LogP contribution in [-0.2, 0) is 6.54 Å². The maximum absolute atomic E-state index is 13.5. The van der Waals surface area contributed by atoms with E-state index in [9.17, 15) is 14.0 Å². The van der Waals surface area contributed by atoms with Crippen molar-refractivity contribution in [2.45, 2.75) is 13.5 Å². The largest absolute Gasteiger partial charge is 0.336 e. The van der Waals surface area contributed by atoms with E-state index in [0.717, 1.165) is 0 Å². The molecule has 134 valence electrons. The first-order valence-corrected chi connectivity index (χ1v) is 7.77. The van der Waals surface area contributed by atoms with Gasteiger partial charge in [0.15, 0.2) is 5.82 Å². The summed E-state index contributed by atoms with van der Waals surface area (Å²) in [5, 5.41) is 13.2. The first-order valence-electron chi connectivity index (χ1n) is 7.77. The number of halogens is 1. The smallest absolute Gasteiger partial charge is 0.319 e. The molecule has 3 rings (SSSR count). The Morgan fingerprint density at radius 1 is 1.27 bits per heavy atom. The third-order valence-electron chi connectivity index (χ3n) is 3.54. The molecule has 9 nitrogen and oxygen atoms in total. The zero-order valence-corrected chi connectivity index (χ0v) is 13.9. The quantitative estimate of drug-likeness (QED) is 0.711. The fraction of sp³-hybridized carbons (Fsp3) is 0.188. The fourth-order valence-electron chi connectivity index (χ4n) is 2.17. The number of hydrogen-bond acceptors (Lipinski definition) is 5. The summed E-state index contributed by atoms with van der Waals surface area (Å²) in [6.07, 6.45) is 2.82. The molecular formula is C16H16FN7O2. The van der Waals surface area contributed by atoms with Crippen LogP contribution in [0.3, 0.4) is 0 Å². The average molecular weight is 357 g/mol. The zero-order chi connectivity index (χ0) is 18.5. The molecule has 2 amide bonds. The van der Waals surface area contributed by atoms with Crippen LogP contribution in [0.1, 0.15) is 5.56 Å². The molecule has 10 heteroatoms. The highest BCUT2D eigenvalue weighted by Gasteiger charge is 2.06. The minimum atomic E-state index is -0.506. The lowest BCUT2D eigenvalue weighted by Crippen LogP contribution is -2.34. The minimum Gasteiger partial charge on any atom is -0.336 e. The third-order valence-corrected chi connectivity index (χ3v) is 3.54. The molecule has 0 fully saturated rings. The van der Waals surface area contributed by atoms with E-state index in [1.165, 1.54) is 40.2 Å². The molecule has 0 spiro atoms. The summed E-state index contributed by atoms with van der Waals surface area (Å²) in [6.45, 7) is 1.96. The van der Waals surface area contributed by atoms with Gasteiger partial charge in [0, 0.05) is 18.3 Å². The van der Waals surface area contributed by atoms with Gasteiger partial charge >= 0.3 is 6.03 Å². The zero-order valence-electron chi connectivity index (χ0n) is 13.9. The van der Waals surface area contributed by atoms with E-state index in [-0.39, 0.29) is 18.6 Å². The highest BCUT2D eigenvalue weighted by molar-refractivity contribution is 5.89. The molecule has 3 aromatic rings. The van der Waals surface area contributed by atoms with Gasteiger partial charge in [-0.05, 0) is 30.7 Å². The molecule has 0 bridgehead atoms. The molecule has 2 heterocycles. The molecule has 1 aromatic carbocycles. The molecule has 0 aliphatic carbocycles. The lowest BCUT2D eigenvalue weighted by atomic mass is 10.2. The molecule has 0 atom stereocenters. The van der Waals surface area contributed by atoms with Crippen LogP contribution in [-0.4, -0.2) is 37.1 Å². The predicted octanol–water partition coefficient (Wildman–Crippen LogP) is 1.09. The van der Waals surface area contributed by atoms with Crippen molar-refractivity contribution in [3.63, 3.8) is 0 Å². The Labute approximate surface area is 147 Å². The van der Waals surface area contributed by atoms with E-state index >= 15 is 0 Å². The van der Waals surface area contributed by atoms with E-state index in [0.29, 0.717) is 17.1 Å². The maximum atomic E-state index is 13.5. The topological polar surface area (TPSA) is 107 Å². The second kappa shape index (κ2) is 7.55. The molecule has 0 saturated carbocycles. The van der Waals surface area contributed by atoms with Gasteiger partial charge in [0.05, 0.1) is 6.54 Å². The number of urea groups is 1. The number of nitrogens with one attached hydrogen (secondary N) is 2. The van der Waals surface area contributed by atoms with Gasteiger partial charge in [0.2, 0.25) is 0 Å². The Bertz CT molecular complexity index is 969. The summed E-state index contributed by atoms with van der Waals surface area (Å²) in [5.74, 6) is 0.0326. The second-order valence-corrected chi connectivity index (χ2v) is 5.44. The van der Waals surface area contributed by atoms with Crippen LogP contribution in [0.2, 0.25) is 0 Å². The van der Waals surface area contributed by atoms with Crippen molar-refractivity contribution in [3.05, 3.63) is 64.7 Å². The number of carbonyl (C=O) groups excluding carboxylic acids is 1. The number of aryl methyl sites for hydroxylation is 1. The number of hydrogen-bond donors (Lipinski definition) is 2. The van der Waals surface area contributed by atoms with Crippen molar-refractivity contribution in [3.8, 4) is 5.82 Å². The number of benzene rings is 1. The number of carbonyl (C=O) groups is 1. The van der Waals surface area contributed by atoms with E-state index in [1.54, 1.807) is 19.1 Å². The van der Waals surface area contributed by atoms with Crippen LogP contribution in [0, 0.1) is 12.7 Å². The Morgan fingerprint density at radius 3 is 2.85 bits per heavy atom. The van der Waals surface area contributed by atoms with Crippen LogP contribution in [0.5, 0.6) is 0 Å². The summed E-state index contributed by atoms with van der Waals surface area (Å²) in [4.78, 5) is 27.5. The normalized spacial score (nSPS) is 10.5. The molecule has 26 heavy (non-hydrogen) atoms. The van der Waals surface area contributed by atoms with Gasteiger partial charge in [0.1, 0.15) is 18.5 Å². The van der Waals surface area contributed by atoms with Crippen molar-refractivity contribution in [2.24, 2.45) is 0 Å². The number of anilines is 1. The Kier molecular flexibility index (Phi) is 5.02. The SMILES string of the molecule is Cc1ccc(NC(=O)NCCn2nc(-n3cncn3)ccc2=O)cc1F. The Morgan fingerprint density at radius 2 is 2.12 bits per heavy atom. The van der Waals surface area contributed by atoms with Gasteiger partial charge in [-0.3, -0.25) is 4.79 Å². The molecule has 0 aliphatic rings. The molecule has 2 N–H and O–H groups in total. The summed E-state index contributed by atoms with van der Waals surface area (Å²) >= 11 is 0. The Hall–Kier alpha value is -3.56. The minimum absolute atomic E-state index is 0.161. The standard InChI is InChI=1S/C16H16FN7O2/c1-11-2-3-12(8-13(11)17)21-16(26)19-6-7-23-15(25)5-4-14(22-23)24-10-18-9-20-24/h2-5,8-10H,6-7H2,1H3,(H2,19,21,26). The number of aromatic nitrogens is 5. The van der Waals surface area contributed by atoms with E-state index in [1.807, 2.05) is 0 Å². The highest BCUT2D eigenvalue weighted by Crippen LogP contribution is 2.13. The Balaban J connectivity index is 1.57. The van der Waals surface area contributed by atoms with Crippen LogP contribution >= 0.6 is 0 Å². The average Bonchev–Trinajstić information content (AvgIpc) is 3.14. The molecule has 0 saturated heterocycles. The third kappa shape index (κ3) is 4.09. The first-order chi connectivity index (χ1) is 12.5. The van der Waals surface area contributed by atoms with Crippen molar-refractivity contribution >= 4 is 11.7 Å². The summed E-state index contributed by atoms with van der Waals surface area (Å²) < 4.78 is 16.1. The highest BCUT2D eigenvalue weighted by atomic mass is 19.1. The van der Waals surface area contributed by atoms with Gasteiger partial charge in [-0.25, -0.2) is 23.5 Å². The fourth-order valence-corrected chi connectivity index (χ4v) is 2.17. The molecule has 2 aromatic heterocycles. The van der Waals surface area contributed by atoms with Crippen molar-refractivity contribution in [1.29, 1.82) is 0 Å². The van der Waals surface area contributed by atoms with Gasteiger partial charge in [-0.15, -0.1) is 5.10 Å². The number of rotatable bonds is 5. The van der Waals surface area contributed by atoms with Crippen molar-refractivity contribution in [2.75, 3.05) is 11.9 Å². The van der Waals surface area contributed by atoms with Gasteiger partial charge in [0.25, 0.3) is 5.56 Å². The second-order valence-electron chi connectivity index (χ2n) is 5.44. The summed E-state index contributed by atoms with van der Waals surface area (Å²) in [7, 11) is 0. The van der Waals surface area contributed by atoms with Gasteiger partial charge in [-0.2, -0.15) is 5.10 Å². The molecule has 0 unspecified atom stereocenters. The molecule has 0 aliphatic heterocycles. The van der Waals surface area contributed by atoms with Crippen LogP contribution in [0.15, 0.2) is 47.8 Å². The molecule has 0 radical (unpaired) electrons. The van der Waals surface area contributed by atoms with Crippen LogP contribution in [0.4, 0.5) is 14.9 Å². The number of nitrogens with zero attached hydrogens (tertiary/aromatic N) is 5. The van der Waals surface area contributed by atoms with Crippen molar-refractivity contribution < 1.29 is 9.18 Å². The predicted molar refractivity (Wildman–Crippen MR) is 91.6 cm³/mol. The van der Waals surface area contributed by atoms with Crippen molar-refractivity contribution in [1.82, 2.24) is 29.9 Å². The summed E-state index contributed by atoms with van der Waals surface area (Å²) in [5.41, 5.74) is 0.527. The van der Waals surface area contributed by atoms with Crippen LogP contribution < -0.4 is 16.2 Å².